The fraction of sp³-hybridized carbons (Fsp3) is 0.0769. The molecule has 2 rings (SSSR count). The number of anilines is 1. The zero-order valence-corrected chi connectivity index (χ0v) is 9.32. The molecule has 0 amide bonds. The molecule has 0 saturated heterocycles. The van der Waals surface area contributed by atoms with Gasteiger partial charge in [-0.25, -0.2) is 8.78 Å². The molecule has 0 aliphatic rings. The van der Waals surface area contributed by atoms with Crippen LogP contribution in [0.4, 0.5) is 14.5 Å². The van der Waals surface area contributed by atoms with Gasteiger partial charge in [-0.15, -0.1) is 0 Å². The smallest absolute Gasteiger partial charge is 0.128 e. The van der Waals surface area contributed by atoms with Crippen LogP contribution in [-0.4, -0.2) is 10.2 Å². The zero-order valence-electron chi connectivity index (χ0n) is 9.32. The summed E-state index contributed by atoms with van der Waals surface area (Å²) in [6, 6.07) is 7.23. The highest BCUT2D eigenvalue weighted by Crippen LogP contribution is 2.23. The Morgan fingerprint density at radius 3 is 2.22 bits per heavy atom. The molecule has 0 fully saturated rings. The highest BCUT2D eigenvalue weighted by molar-refractivity contribution is 5.46. The molecule has 3 N–H and O–H groups in total. The predicted octanol–water partition coefficient (Wildman–Crippen LogP) is 2.99. The normalized spacial score (nSPS) is 10.3. The molecule has 0 heterocycles. The SMILES string of the molecule is Oc1ccc(CNc2cc(F)cc(F)c2)c(O)c1. The number of halogens is 2. The first-order valence-electron chi connectivity index (χ1n) is 5.25. The lowest BCUT2D eigenvalue weighted by Gasteiger charge is -2.08. The van der Waals surface area contributed by atoms with E-state index in [1.54, 1.807) is 0 Å². The lowest BCUT2D eigenvalue weighted by molar-refractivity contribution is 0.446. The number of hydrogen-bond acceptors (Lipinski definition) is 3. The van der Waals surface area contributed by atoms with E-state index in [4.69, 9.17) is 5.11 Å². The first kappa shape index (κ1) is 12.2. The Morgan fingerprint density at radius 1 is 0.944 bits per heavy atom. The van der Waals surface area contributed by atoms with Gasteiger partial charge in [-0.2, -0.15) is 0 Å². The maximum absolute atomic E-state index is 12.9. The van der Waals surface area contributed by atoms with Crippen molar-refractivity contribution >= 4 is 5.69 Å². The molecule has 0 bridgehead atoms. The van der Waals surface area contributed by atoms with E-state index in [9.17, 15) is 13.9 Å². The van der Waals surface area contributed by atoms with Crippen molar-refractivity contribution in [2.24, 2.45) is 0 Å². The highest BCUT2D eigenvalue weighted by atomic mass is 19.1. The average molecular weight is 251 g/mol. The van der Waals surface area contributed by atoms with Gasteiger partial charge in [0.15, 0.2) is 0 Å². The maximum atomic E-state index is 12.9. The maximum Gasteiger partial charge on any atom is 0.128 e. The number of phenolic OH excluding ortho intramolecular Hbond substituents is 2. The molecule has 3 nitrogen and oxygen atoms in total. The van der Waals surface area contributed by atoms with Gasteiger partial charge < -0.3 is 15.5 Å². The van der Waals surface area contributed by atoms with E-state index >= 15 is 0 Å². The number of benzene rings is 2. The van der Waals surface area contributed by atoms with E-state index in [2.05, 4.69) is 5.32 Å². The molecule has 0 unspecified atom stereocenters. The van der Waals surface area contributed by atoms with Crippen molar-refractivity contribution in [3.05, 3.63) is 53.6 Å². The van der Waals surface area contributed by atoms with Gasteiger partial charge in [0.25, 0.3) is 0 Å². The minimum Gasteiger partial charge on any atom is -0.508 e. The van der Waals surface area contributed by atoms with Crippen LogP contribution in [0, 0.1) is 11.6 Å². The van der Waals surface area contributed by atoms with Crippen LogP contribution in [0.15, 0.2) is 36.4 Å². The van der Waals surface area contributed by atoms with Crippen LogP contribution in [0.5, 0.6) is 11.5 Å². The molecular formula is C13H11F2NO2. The van der Waals surface area contributed by atoms with E-state index < -0.39 is 11.6 Å². The molecule has 2 aromatic rings. The van der Waals surface area contributed by atoms with Gasteiger partial charge in [0.1, 0.15) is 23.1 Å². The van der Waals surface area contributed by atoms with Gasteiger partial charge in [0.2, 0.25) is 0 Å². The topological polar surface area (TPSA) is 52.5 Å². The lowest BCUT2D eigenvalue weighted by atomic mass is 10.2. The lowest BCUT2D eigenvalue weighted by Crippen LogP contribution is -2.00. The van der Waals surface area contributed by atoms with Crippen LogP contribution in [0.25, 0.3) is 0 Å². The van der Waals surface area contributed by atoms with E-state index in [0.29, 0.717) is 5.56 Å². The van der Waals surface area contributed by atoms with E-state index in [-0.39, 0.29) is 23.7 Å². The van der Waals surface area contributed by atoms with Gasteiger partial charge in [-0.05, 0) is 24.3 Å². The molecule has 18 heavy (non-hydrogen) atoms. The van der Waals surface area contributed by atoms with E-state index in [1.807, 2.05) is 0 Å². The predicted molar refractivity (Wildman–Crippen MR) is 63.5 cm³/mol. The third-order valence-corrected chi connectivity index (χ3v) is 2.41. The first-order valence-corrected chi connectivity index (χ1v) is 5.25. The molecule has 0 aliphatic carbocycles. The molecule has 0 radical (unpaired) electrons. The number of nitrogens with one attached hydrogen (secondary N) is 1. The monoisotopic (exact) mass is 251 g/mol. The molecule has 5 heteroatoms. The summed E-state index contributed by atoms with van der Waals surface area (Å²) in [7, 11) is 0. The largest absolute Gasteiger partial charge is 0.508 e. The van der Waals surface area contributed by atoms with Crippen molar-refractivity contribution in [1.29, 1.82) is 0 Å². The minimum atomic E-state index is -0.674. The summed E-state index contributed by atoms with van der Waals surface area (Å²) in [5, 5.41) is 21.4. The van der Waals surface area contributed by atoms with Crippen LogP contribution >= 0.6 is 0 Å². The molecule has 0 aromatic heterocycles. The Balaban J connectivity index is 2.11. The molecular weight excluding hydrogens is 240 g/mol. The van der Waals surface area contributed by atoms with Crippen LogP contribution < -0.4 is 5.32 Å². The van der Waals surface area contributed by atoms with Crippen LogP contribution in [0.2, 0.25) is 0 Å². The molecule has 0 aliphatic heterocycles. The second-order valence-electron chi connectivity index (χ2n) is 3.82. The Morgan fingerprint density at radius 2 is 1.61 bits per heavy atom. The second-order valence-corrected chi connectivity index (χ2v) is 3.82. The van der Waals surface area contributed by atoms with E-state index in [1.165, 1.54) is 18.2 Å². The van der Waals surface area contributed by atoms with Crippen LogP contribution in [-0.2, 0) is 6.54 Å². The number of phenols is 2. The van der Waals surface area contributed by atoms with Gasteiger partial charge in [-0.3, -0.25) is 0 Å². The van der Waals surface area contributed by atoms with Gasteiger partial charge >= 0.3 is 0 Å². The molecule has 0 saturated carbocycles. The summed E-state index contributed by atoms with van der Waals surface area (Å²) >= 11 is 0. The number of hydrogen-bond donors (Lipinski definition) is 3. The van der Waals surface area contributed by atoms with Crippen molar-refractivity contribution in [2.75, 3.05) is 5.32 Å². The average Bonchev–Trinajstić information content (AvgIpc) is 2.26. The Kier molecular flexibility index (Phi) is 3.32. The summed E-state index contributed by atoms with van der Waals surface area (Å²) in [5.41, 5.74) is 0.789. The molecule has 0 atom stereocenters. The van der Waals surface area contributed by atoms with Crippen molar-refractivity contribution in [2.45, 2.75) is 6.54 Å². The van der Waals surface area contributed by atoms with Crippen LogP contribution in [0.3, 0.4) is 0 Å². The third kappa shape index (κ3) is 2.88. The third-order valence-electron chi connectivity index (χ3n) is 2.41. The van der Waals surface area contributed by atoms with Crippen LogP contribution in [0.1, 0.15) is 5.56 Å². The Hall–Kier alpha value is -2.30. The van der Waals surface area contributed by atoms with Crippen molar-refractivity contribution in [3.63, 3.8) is 0 Å². The van der Waals surface area contributed by atoms with Gasteiger partial charge in [0.05, 0.1) is 0 Å². The first-order chi connectivity index (χ1) is 8.54. The van der Waals surface area contributed by atoms with E-state index in [0.717, 1.165) is 18.2 Å². The molecule has 2 aromatic carbocycles. The Bertz CT molecular complexity index is 553. The fourth-order valence-electron chi connectivity index (χ4n) is 1.55. The second kappa shape index (κ2) is 4.91. The van der Waals surface area contributed by atoms with Gasteiger partial charge in [0, 0.05) is 29.9 Å². The van der Waals surface area contributed by atoms with Gasteiger partial charge in [-0.1, -0.05) is 0 Å². The number of aromatic hydroxyl groups is 2. The van der Waals surface area contributed by atoms with Crippen molar-refractivity contribution < 1.29 is 19.0 Å². The zero-order chi connectivity index (χ0) is 13.1. The fourth-order valence-corrected chi connectivity index (χ4v) is 1.55. The van der Waals surface area contributed by atoms with Crippen molar-refractivity contribution in [1.82, 2.24) is 0 Å². The number of rotatable bonds is 3. The summed E-state index contributed by atoms with van der Waals surface area (Å²) in [6.07, 6.45) is 0. The molecule has 94 valence electrons. The summed E-state index contributed by atoms with van der Waals surface area (Å²) in [5.74, 6) is -1.48. The summed E-state index contributed by atoms with van der Waals surface area (Å²) in [4.78, 5) is 0. The standard InChI is InChI=1S/C13H11F2NO2/c14-9-3-10(15)5-11(4-9)16-7-8-1-2-12(17)6-13(8)18/h1-6,16-18H,7H2. The Labute approximate surface area is 102 Å². The summed E-state index contributed by atoms with van der Waals surface area (Å²) < 4.78 is 25.8. The minimum absolute atomic E-state index is 0.0481. The summed E-state index contributed by atoms with van der Waals surface area (Å²) in [6.45, 7) is 0.189. The quantitative estimate of drug-likeness (QED) is 0.786. The molecule has 0 spiro atoms. The highest BCUT2D eigenvalue weighted by Gasteiger charge is 2.04. The van der Waals surface area contributed by atoms with Crippen molar-refractivity contribution in [3.8, 4) is 11.5 Å².